The van der Waals surface area contributed by atoms with Crippen molar-refractivity contribution in [3.8, 4) is 6.07 Å². The second-order valence-electron chi connectivity index (χ2n) is 8.91. The Kier molecular flexibility index (Phi) is 3.33. The van der Waals surface area contributed by atoms with Gasteiger partial charge in [0.1, 0.15) is 0 Å². The fourth-order valence-corrected chi connectivity index (χ4v) is 6.49. The van der Waals surface area contributed by atoms with Crippen molar-refractivity contribution in [2.24, 2.45) is 17.3 Å². The normalized spacial score (nSPS) is 44.8. The number of allylic oxidation sites excluding steroid dienone is 3. The summed E-state index contributed by atoms with van der Waals surface area (Å²) in [6.07, 6.45) is 9.96. The Bertz CT molecular complexity index is 711. The van der Waals surface area contributed by atoms with Crippen LogP contribution in [0.5, 0.6) is 0 Å². The van der Waals surface area contributed by atoms with E-state index in [-0.39, 0.29) is 11.2 Å². The molecule has 4 nitrogen and oxygen atoms in total. The molecule has 4 aliphatic carbocycles. The van der Waals surface area contributed by atoms with Crippen LogP contribution in [-0.4, -0.2) is 29.7 Å². The smallest absolute Gasteiger partial charge is 0.172 e. The van der Waals surface area contributed by atoms with Crippen molar-refractivity contribution in [1.82, 2.24) is 0 Å². The van der Waals surface area contributed by atoms with Crippen molar-refractivity contribution in [1.29, 1.82) is 5.26 Å². The highest BCUT2D eigenvalue weighted by molar-refractivity contribution is 5.45. The third-order valence-electron chi connectivity index (χ3n) is 7.98. The van der Waals surface area contributed by atoms with Crippen molar-refractivity contribution in [2.45, 2.75) is 69.7 Å². The molecule has 1 aliphatic heterocycles. The van der Waals surface area contributed by atoms with Crippen LogP contribution in [-0.2, 0) is 9.47 Å². The van der Waals surface area contributed by atoms with Crippen LogP contribution in [0.4, 0.5) is 0 Å². The molecule has 5 aliphatic rings. The molecule has 0 radical (unpaired) electrons. The summed E-state index contributed by atoms with van der Waals surface area (Å²) in [6, 6.07) is 2.25. The average Bonchev–Trinajstić information content (AvgIpc) is 3.18. The van der Waals surface area contributed by atoms with Gasteiger partial charge in [-0.05, 0) is 61.5 Å². The molecule has 1 heterocycles. The van der Waals surface area contributed by atoms with Gasteiger partial charge in [0, 0.05) is 18.3 Å². The Balaban J connectivity index is 1.49. The molecule has 1 N–H and O–H groups in total. The highest BCUT2D eigenvalue weighted by atomic mass is 16.7. The van der Waals surface area contributed by atoms with Gasteiger partial charge >= 0.3 is 0 Å². The summed E-state index contributed by atoms with van der Waals surface area (Å²) in [5.41, 5.74) is 3.17. The van der Waals surface area contributed by atoms with Crippen LogP contribution in [0, 0.1) is 28.6 Å². The van der Waals surface area contributed by atoms with Crippen molar-refractivity contribution in [3.05, 3.63) is 22.8 Å². The average molecular weight is 341 g/mol. The predicted molar refractivity (Wildman–Crippen MR) is 92.3 cm³/mol. The number of aliphatic hydroxyl groups is 1. The molecule has 0 aromatic rings. The van der Waals surface area contributed by atoms with Crippen LogP contribution in [0.25, 0.3) is 0 Å². The lowest BCUT2D eigenvalue weighted by Gasteiger charge is -2.49. The van der Waals surface area contributed by atoms with Gasteiger partial charge in [-0.15, -0.1) is 0 Å². The highest BCUT2D eigenvalue weighted by Crippen LogP contribution is 2.62. The molecule has 2 fully saturated rings. The third kappa shape index (κ3) is 2.04. The maximum absolute atomic E-state index is 10.9. The molecule has 25 heavy (non-hydrogen) atoms. The SMILES string of the molecule is CC12CC=C3C4=C(CCC3C1CCC2(O)C#N)CC1(CC4)OCCO1. The number of hydrogen-bond donors (Lipinski definition) is 1. The summed E-state index contributed by atoms with van der Waals surface area (Å²) in [5, 5.41) is 20.5. The summed E-state index contributed by atoms with van der Waals surface area (Å²) in [6.45, 7) is 3.59. The summed E-state index contributed by atoms with van der Waals surface area (Å²) >= 11 is 0. The fraction of sp³-hybridized carbons (Fsp3) is 0.762. The molecule has 1 spiro atoms. The van der Waals surface area contributed by atoms with Crippen molar-refractivity contribution < 1.29 is 14.6 Å². The van der Waals surface area contributed by atoms with Gasteiger partial charge in [0.25, 0.3) is 0 Å². The van der Waals surface area contributed by atoms with Crippen molar-refractivity contribution in [3.63, 3.8) is 0 Å². The fourth-order valence-electron chi connectivity index (χ4n) is 6.49. The van der Waals surface area contributed by atoms with Gasteiger partial charge in [0.05, 0.1) is 19.3 Å². The summed E-state index contributed by atoms with van der Waals surface area (Å²) in [7, 11) is 0. The minimum absolute atomic E-state index is 0.290. The number of rotatable bonds is 0. The Labute approximate surface area is 149 Å². The lowest BCUT2D eigenvalue weighted by molar-refractivity contribution is -0.164. The molecule has 4 atom stereocenters. The van der Waals surface area contributed by atoms with Crippen LogP contribution in [0.1, 0.15) is 58.3 Å². The predicted octanol–water partition coefficient (Wildman–Crippen LogP) is 3.62. The Morgan fingerprint density at radius 3 is 2.76 bits per heavy atom. The molecule has 5 rings (SSSR count). The Morgan fingerprint density at radius 1 is 1.20 bits per heavy atom. The topological polar surface area (TPSA) is 62.5 Å². The van der Waals surface area contributed by atoms with Gasteiger partial charge in [0.15, 0.2) is 11.4 Å². The van der Waals surface area contributed by atoms with E-state index in [0.717, 1.165) is 58.2 Å². The number of nitriles is 1. The van der Waals surface area contributed by atoms with E-state index >= 15 is 0 Å². The highest BCUT2D eigenvalue weighted by Gasteiger charge is 2.61. The molecule has 0 bridgehead atoms. The van der Waals surface area contributed by atoms with E-state index in [2.05, 4.69) is 19.1 Å². The molecule has 134 valence electrons. The van der Waals surface area contributed by atoms with E-state index in [1.807, 2.05) is 0 Å². The molecule has 4 heteroatoms. The molecule has 1 saturated heterocycles. The number of ether oxygens (including phenoxy) is 2. The molecule has 1 saturated carbocycles. The van der Waals surface area contributed by atoms with Gasteiger partial charge in [0.2, 0.25) is 0 Å². The van der Waals surface area contributed by atoms with Gasteiger partial charge in [-0.1, -0.05) is 18.6 Å². The first kappa shape index (κ1) is 16.1. The van der Waals surface area contributed by atoms with Crippen LogP contribution >= 0.6 is 0 Å². The zero-order valence-electron chi connectivity index (χ0n) is 15.0. The monoisotopic (exact) mass is 341 g/mol. The van der Waals surface area contributed by atoms with E-state index in [9.17, 15) is 10.4 Å². The zero-order valence-corrected chi connectivity index (χ0v) is 15.0. The second kappa shape index (κ2) is 5.19. The Hall–Kier alpha value is -1.15. The largest absolute Gasteiger partial charge is 0.375 e. The molecule has 0 amide bonds. The maximum Gasteiger partial charge on any atom is 0.172 e. The number of hydrogen-bond acceptors (Lipinski definition) is 4. The van der Waals surface area contributed by atoms with E-state index in [0.29, 0.717) is 18.3 Å². The van der Waals surface area contributed by atoms with Crippen LogP contribution in [0.2, 0.25) is 0 Å². The second-order valence-corrected chi connectivity index (χ2v) is 8.91. The molecule has 0 aromatic carbocycles. The van der Waals surface area contributed by atoms with Crippen LogP contribution in [0.15, 0.2) is 22.8 Å². The van der Waals surface area contributed by atoms with Crippen molar-refractivity contribution in [2.75, 3.05) is 13.2 Å². The van der Waals surface area contributed by atoms with E-state index in [1.165, 1.54) is 11.1 Å². The first-order chi connectivity index (χ1) is 12.0. The summed E-state index contributed by atoms with van der Waals surface area (Å²) in [4.78, 5) is 0. The summed E-state index contributed by atoms with van der Waals surface area (Å²) < 4.78 is 11.9. The van der Waals surface area contributed by atoms with Crippen LogP contribution < -0.4 is 0 Å². The number of fused-ring (bicyclic) bond motifs is 4. The quantitative estimate of drug-likeness (QED) is 0.684. The Morgan fingerprint density at radius 2 is 2.00 bits per heavy atom. The molecular formula is C21H27NO3. The minimum atomic E-state index is -1.16. The van der Waals surface area contributed by atoms with Crippen LogP contribution in [0.3, 0.4) is 0 Å². The molecular weight excluding hydrogens is 314 g/mol. The molecule has 4 unspecified atom stereocenters. The van der Waals surface area contributed by atoms with Crippen molar-refractivity contribution >= 4 is 0 Å². The van der Waals surface area contributed by atoms with Gasteiger partial charge < -0.3 is 14.6 Å². The zero-order chi connectivity index (χ0) is 17.3. The lowest BCUT2D eigenvalue weighted by atomic mass is 9.56. The first-order valence-corrected chi connectivity index (χ1v) is 9.83. The van der Waals surface area contributed by atoms with E-state index in [4.69, 9.17) is 9.47 Å². The molecule has 0 aromatic heterocycles. The minimum Gasteiger partial charge on any atom is -0.375 e. The van der Waals surface area contributed by atoms with E-state index in [1.54, 1.807) is 5.57 Å². The van der Waals surface area contributed by atoms with Gasteiger partial charge in [-0.2, -0.15) is 5.26 Å². The first-order valence-electron chi connectivity index (χ1n) is 9.83. The standard InChI is InChI=1S/C21H27NO3/c1-19-7-4-16-15-5-9-21(24-10-11-25-21)12-14(15)2-3-17(16)18(19)6-8-20(19,23)13-22/h4,17-18,23H,2-3,5-12H2,1H3. The van der Waals surface area contributed by atoms with E-state index < -0.39 is 5.60 Å². The van der Waals surface area contributed by atoms with Gasteiger partial charge in [-0.3, -0.25) is 0 Å². The summed E-state index contributed by atoms with van der Waals surface area (Å²) in [5.74, 6) is 0.601. The third-order valence-corrected chi connectivity index (χ3v) is 7.98. The van der Waals surface area contributed by atoms with Gasteiger partial charge in [-0.25, -0.2) is 0 Å². The maximum atomic E-state index is 10.9. The number of nitrogens with zero attached hydrogens (tertiary/aromatic N) is 1. The lowest BCUT2D eigenvalue weighted by Crippen LogP contribution is -2.48.